The van der Waals surface area contributed by atoms with E-state index in [0.29, 0.717) is 5.56 Å². The van der Waals surface area contributed by atoms with E-state index in [1.54, 1.807) is 20.1 Å². The van der Waals surface area contributed by atoms with Crippen molar-refractivity contribution >= 4 is 11.8 Å². The Morgan fingerprint density at radius 3 is 2.71 bits per heavy atom. The highest BCUT2D eigenvalue weighted by atomic mass is 16.6. The van der Waals surface area contributed by atoms with Crippen molar-refractivity contribution < 1.29 is 23.5 Å². The highest BCUT2D eigenvalue weighted by Crippen LogP contribution is 2.68. The summed E-state index contributed by atoms with van der Waals surface area (Å²) in [5, 5.41) is 0. The highest BCUT2D eigenvalue weighted by Gasteiger charge is 2.79. The maximum atomic E-state index is 13.2. The predicted molar refractivity (Wildman–Crippen MR) is 85.5 cm³/mol. The van der Waals surface area contributed by atoms with Gasteiger partial charge in [0.25, 0.3) is 0 Å². The Labute approximate surface area is 141 Å². The summed E-state index contributed by atoms with van der Waals surface area (Å²) >= 11 is 0. The Morgan fingerprint density at radius 1 is 1.33 bits per heavy atom. The van der Waals surface area contributed by atoms with E-state index in [0.717, 1.165) is 5.56 Å². The Balaban J connectivity index is 1.93. The lowest BCUT2D eigenvalue weighted by atomic mass is 9.55. The number of hydrogen-bond donors (Lipinski definition) is 0. The average Bonchev–Trinajstić information content (AvgIpc) is 3.17. The van der Waals surface area contributed by atoms with Crippen molar-refractivity contribution in [3.63, 3.8) is 0 Å². The minimum Gasteiger partial charge on any atom is -0.460 e. The number of furan rings is 1. The molecule has 4 rings (SSSR count). The molecule has 5 atom stereocenters. The molecule has 0 amide bonds. The van der Waals surface area contributed by atoms with Crippen molar-refractivity contribution in [3.05, 3.63) is 35.3 Å². The molecule has 5 heteroatoms. The minimum absolute atomic E-state index is 0.0209. The van der Waals surface area contributed by atoms with E-state index < -0.39 is 17.1 Å². The largest absolute Gasteiger partial charge is 0.460 e. The minimum atomic E-state index is -0.986. The molecular formula is C19H22O5. The van der Waals surface area contributed by atoms with Crippen molar-refractivity contribution in [2.24, 2.45) is 17.3 Å². The number of aryl methyl sites for hydroxylation is 1. The van der Waals surface area contributed by atoms with E-state index in [4.69, 9.17) is 13.9 Å². The zero-order chi connectivity index (χ0) is 17.4. The molecule has 3 aliphatic rings. The van der Waals surface area contributed by atoms with Crippen LogP contribution in [0.1, 0.15) is 55.5 Å². The van der Waals surface area contributed by atoms with Crippen LogP contribution in [0.15, 0.2) is 22.8 Å². The van der Waals surface area contributed by atoms with E-state index in [-0.39, 0.29) is 35.5 Å². The fourth-order valence-electron chi connectivity index (χ4n) is 4.30. The second-order valence-corrected chi connectivity index (χ2v) is 7.69. The number of ketones is 1. The van der Waals surface area contributed by atoms with Gasteiger partial charge in [-0.25, -0.2) is 0 Å². The maximum absolute atomic E-state index is 13.2. The van der Waals surface area contributed by atoms with Crippen LogP contribution in [0.5, 0.6) is 0 Å². The molecule has 1 spiro atoms. The van der Waals surface area contributed by atoms with Crippen molar-refractivity contribution in [3.8, 4) is 0 Å². The first kappa shape index (κ1) is 15.6. The Hall–Kier alpha value is -1.88. The molecule has 2 heterocycles. The Morgan fingerprint density at radius 2 is 2.04 bits per heavy atom. The van der Waals surface area contributed by atoms with Gasteiger partial charge < -0.3 is 13.9 Å². The van der Waals surface area contributed by atoms with Crippen LogP contribution >= 0.6 is 0 Å². The van der Waals surface area contributed by atoms with Gasteiger partial charge in [-0.15, -0.1) is 0 Å². The summed E-state index contributed by atoms with van der Waals surface area (Å²) in [7, 11) is 0. The third kappa shape index (κ3) is 1.59. The molecule has 1 aliphatic heterocycles. The molecule has 5 nitrogen and oxygen atoms in total. The van der Waals surface area contributed by atoms with Crippen molar-refractivity contribution in [2.75, 3.05) is 0 Å². The topological polar surface area (TPSA) is 69.0 Å². The van der Waals surface area contributed by atoms with Crippen LogP contribution in [0.2, 0.25) is 0 Å². The number of allylic oxidation sites excluding steroid dienone is 1. The summed E-state index contributed by atoms with van der Waals surface area (Å²) in [5.41, 5.74) is -0.121. The van der Waals surface area contributed by atoms with Gasteiger partial charge >= 0.3 is 5.97 Å². The molecule has 0 unspecified atom stereocenters. The second kappa shape index (κ2) is 4.60. The molecule has 2 aliphatic carbocycles. The number of fused-ring (bicyclic) bond motifs is 1. The standard InChI is InChI=1S/C19H22O5/c1-9(2)17(21)23-16-13-10(3)8-22-14(13)15(20)19-12(24-19)7-6-11(4)18(16,19)5/h6-9,11-12,16H,1-5H3/t11-,12-,16+,18+,19+/m0/s1. The van der Waals surface area contributed by atoms with Crippen molar-refractivity contribution in [1.82, 2.24) is 0 Å². The van der Waals surface area contributed by atoms with Crippen LogP contribution in [0.3, 0.4) is 0 Å². The lowest BCUT2D eigenvalue weighted by molar-refractivity contribution is -0.167. The smallest absolute Gasteiger partial charge is 0.309 e. The number of hydrogen-bond acceptors (Lipinski definition) is 5. The zero-order valence-corrected chi connectivity index (χ0v) is 14.6. The van der Waals surface area contributed by atoms with Gasteiger partial charge in [0.2, 0.25) is 5.78 Å². The predicted octanol–water partition coefficient (Wildman–Crippen LogP) is 3.37. The van der Waals surface area contributed by atoms with Crippen LogP contribution in [0.4, 0.5) is 0 Å². The number of ether oxygens (including phenoxy) is 2. The van der Waals surface area contributed by atoms with Gasteiger partial charge in [-0.1, -0.05) is 39.8 Å². The van der Waals surface area contributed by atoms with Gasteiger partial charge in [-0.05, 0) is 18.4 Å². The number of esters is 1. The normalized spacial score (nSPS) is 39.2. The Kier molecular flexibility index (Phi) is 3.00. The summed E-state index contributed by atoms with van der Waals surface area (Å²) in [6, 6.07) is 0. The van der Waals surface area contributed by atoms with E-state index in [1.165, 1.54) is 0 Å². The third-order valence-electron chi connectivity index (χ3n) is 6.06. The fraction of sp³-hybridized carbons (Fsp3) is 0.579. The van der Waals surface area contributed by atoms with Crippen LogP contribution in [0.25, 0.3) is 0 Å². The number of carbonyl (C=O) groups excluding carboxylic acids is 2. The lowest BCUT2D eigenvalue weighted by Crippen LogP contribution is -2.57. The first-order valence-corrected chi connectivity index (χ1v) is 8.44. The van der Waals surface area contributed by atoms with E-state index in [1.807, 2.05) is 26.8 Å². The summed E-state index contributed by atoms with van der Waals surface area (Å²) in [6.45, 7) is 9.52. The second-order valence-electron chi connectivity index (χ2n) is 7.69. The summed E-state index contributed by atoms with van der Waals surface area (Å²) in [6.07, 6.45) is 4.71. The van der Waals surface area contributed by atoms with Crippen molar-refractivity contribution in [1.29, 1.82) is 0 Å². The number of epoxide rings is 1. The molecule has 1 fully saturated rings. The zero-order valence-electron chi connectivity index (χ0n) is 14.6. The summed E-state index contributed by atoms with van der Waals surface area (Å²) < 4.78 is 17.4. The first-order valence-electron chi connectivity index (χ1n) is 8.44. The molecule has 0 bridgehead atoms. The number of carbonyl (C=O) groups is 2. The summed E-state index contributed by atoms with van der Waals surface area (Å²) in [4.78, 5) is 25.5. The van der Waals surface area contributed by atoms with Gasteiger partial charge in [0.15, 0.2) is 11.4 Å². The van der Waals surface area contributed by atoms with Crippen LogP contribution < -0.4 is 0 Å². The average molecular weight is 330 g/mol. The van der Waals surface area contributed by atoms with Gasteiger partial charge in [-0.3, -0.25) is 9.59 Å². The van der Waals surface area contributed by atoms with E-state index in [9.17, 15) is 9.59 Å². The number of rotatable bonds is 2. The number of Topliss-reactive ketones (excluding diaryl/α,β-unsaturated/α-hetero) is 1. The molecule has 1 aromatic rings. The van der Waals surface area contributed by atoms with E-state index in [2.05, 4.69) is 6.08 Å². The first-order chi connectivity index (χ1) is 11.2. The molecule has 128 valence electrons. The molecule has 0 N–H and O–H groups in total. The van der Waals surface area contributed by atoms with Gasteiger partial charge in [-0.2, -0.15) is 0 Å². The lowest BCUT2D eigenvalue weighted by Gasteiger charge is -2.48. The van der Waals surface area contributed by atoms with E-state index >= 15 is 0 Å². The van der Waals surface area contributed by atoms with Gasteiger partial charge in [0.05, 0.1) is 17.6 Å². The van der Waals surface area contributed by atoms with Crippen LogP contribution in [0, 0.1) is 24.2 Å². The molecule has 1 aromatic heterocycles. The third-order valence-corrected chi connectivity index (χ3v) is 6.06. The Bertz CT molecular complexity index is 773. The SMILES string of the molecule is Cc1coc2c1[C@@H](OC(=O)C(C)C)[C@@]1(C)[C@@H](C)C=C[C@@H]3O[C@@]31C2=O. The maximum Gasteiger partial charge on any atom is 0.309 e. The highest BCUT2D eigenvalue weighted by molar-refractivity contribution is 6.07. The quantitative estimate of drug-likeness (QED) is 0.472. The molecular weight excluding hydrogens is 308 g/mol. The molecule has 0 saturated carbocycles. The van der Waals surface area contributed by atoms with Crippen molar-refractivity contribution in [2.45, 2.75) is 52.4 Å². The van der Waals surface area contributed by atoms with Gasteiger partial charge in [0.1, 0.15) is 12.2 Å². The molecule has 1 saturated heterocycles. The van der Waals surface area contributed by atoms with Crippen LogP contribution in [-0.4, -0.2) is 23.5 Å². The monoisotopic (exact) mass is 330 g/mol. The molecule has 0 radical (unpaired) electrons. The van der Waals surface area contributed by atoms with Gasteiger partial charge in [0, 0.05) is 5.56 Å². The summed E-state index contributed by atoms with van der Waals surface area (Å²) in [5.74, 6) is -0.366. The molecule has 0 aromatic carbocycles. The molecule has 24 heavy (non-hydrogen) atoms. The van der Waals surface area contributed by atoms with Crippen LogP contribution in [-0.2, 0) is 14.3 Å². The fourth-order valence-corrected chi connectivity index (χ4v) is 4.30.